The van der Waals surface area contributed by atoms with Gasteiger partial charge < -0.3 is 5.32 Å². The lowest BCUT2D eigenvalue weighted by molar-refractivity contribution is 0.502. The smallest absolute Gasteiger partial charge is 0.0480 e. The summed E-state index contributed by atoms with van der Waals surface area (Å²) in [5.74, 6) is 1.87. The summed E-state index contributed by atoms with van der Waals surface area (Å²) in [4.78, 5) is 1.35. The van der Waals surface area contributed by atoms with Gasteiger partial charge in [-0.1, -0.05) is 38.0 Å². The van der Waals surface area contributed by atoms with E-state index in [1.807, 2.05) is 17.8 Å². The number of para-hydroxylation sites is 1. The molecule has 1 N–H and O–H groups in total. The Balaban J connectivity index is 1.99. The van der Waals surface area contributed by atoms with E-state index in [2.05, 4.69) is 43.1 Å². The molecular formula is C17H25NS. The van der Waals surface area contributed by atoms with E-state index in [4.69, 9.17) is 0 Å². The number of hydrogen-bond donors (Lipinski definition) is 1. The topological polar surface area (TPSA) is 12.0 Å². The van der Waals surface area contributed by atoms with Gasteiger partial charge in [0.15, 0.2) is 0 Å². The molecule has 1 aromatic rings. The molecular weight excluding hydrogens is 250 g/mol. The minimum absolute atomic E-state index is 0.649. The van der Waals surface area contributed by atoms with E-state index in [9.17, 15) is 0 Å². The maximum absolute atomic E-state index is 3.80. The Morgan fingerprint density at radius 1 is 1.26 bits per heavy atom. The Morgan fingerprint density at radius 3 is 2.95 bits per heavy atom. The molecule has 2 unspecified atom stereocenters. The maximum atomic E-state index is 3.80. The van der Waals surface area contributed by atoms with E-state index in [0.29, 0.717) is 6.04 Å². The molecule has 0 spiro atoms. The number of anilines is 1. The molecule has 0 aliphatic heterocycles. The van der Waals surface area contributed by atoms with Crippen LogP contribution in [0.25, 0.3) is 0 Å². The summed E-state index contributed by atoms with van der Waals surface area (Å²) in [6.07, 6.45) is 8.70. The van der Waals surface area contributed by atoms with Gasteiger partial charge in [-0.05, 0) is 37.3 Å². The van der Waals surface area contributed by atoms with Crippen LogP contribution >= 0.6 is 11.8 Å². The molecule has 1 aliphatic rings. The third-order valence-electron chi connectivity index (χ3n) is 3.86. The number of thioether (sulfide) groups is 1. The van der Waals surface area contributed by atoms with Gasteiger partial charge in [-0.3, -0.25) is 0 Å². The van der Waals surface area contributed by atoms with Crippen molar-refractivity contribution >= 4 is 17.4 Å². The molecule has 0 amide bonds. The SMILES string of the molecule is C=CCSc1ccccc1NC1CCCC(C)CC1. The molecule has 2 rings (SSSR count). The van der Waals surface area contributed by atoms with Gasteiger partial charge in [-0.2, -0.15) is 0 Å². The zero-order valence-corrected chi connectivity index (χ0v) is 12.7. The van der Waals surface area contributed by atoms with Crippen molar-refractivity contribution in [3.05, 3.63) is 36.9 Å². The van der Waals surface area contributed by atoms with E-state index in [-0.39, 0.29) is 0 Å². The Hall–Kier alpha value is -0.890. The molecule has 104 valence electrons. The predicted molar refractivity (Wildman–Crippen MR) is 87.0 cm³/mol. The lowest BCUT2D eigenvalue weighted by Gasteiger charge is -2.20. The van der Waals surface area contributed by atoms with Crippen molar-refractivity contribution in [2.24, 2.45) is 5.92 Å². The van der Waals surface area contributed by atoms with Crippen molar-refractivity contribution < 1.29 is 0 Å². The third-order valence-corrected chi connectivity index (χ3v) is 4.93. The van der Waals surface area contributed by atoms with Crippen molar-refractivity contribution in [3.8, 4) is 0 Å². The number of hydrogen-bond acceptors (Lipinski definition) is 2. The highest BCUT2D eigenvalue weighted by Gasteiger charge is 2.16. The average Bonchev–Trinajstić information content (AvgIpc) is 2.63. The summed E-state index contributed by atoms with van der Waals surface area (Å²) >= 11 is 1.86. The predicted octanol–water partition coefficient (Wildman–Crippen LogP) is 5.35. The summed E-state index contributed by atoms with van der Waals surface area (Å²) in [6, 6.07) is 9.30. The zero-order chi connectivity index (χ0) is 13.5. The fourth-order valence-electron chi connectivity index (χ4n) is 2.71. The third kappa shape index (κ3) is 4.61. The second-order valence-electron chi connectivity index (χ2n) is 5.55. The van der Waals surface area contributed by atoms with Gasteiger partial charge in [-0.25, -0.2) is 0 Å². The second kappa shape index (κ2) is 7.64. The standard InChI is InChI=1S/C17H25NS/c1-3-13-19-17-10-5-4-9-16(17)18-15-8-6-7-14(2)11-12-15/h3-5,9-10,14-15,18H,1,6-8,11-13H2,2H3. The molecule has 0 saturated heterocycles. The van der Waals surface area contributed by atoms with Gasteiger partial charge >= 0.3 is 0 Å². The highest BCUT2D eigenvalue weighted by atomic mass is 32.2. The van der Waals surface area contributed by atoms with Gasteiger partial charge in [0.2, 0.25) is 0 Å². The molecule has 1 aliphatic carbocycles. The molecule has 0 heterocycles. The van der Waals surface area contributed by atoms with Crippen molar-refractivity contribution in [2.45, 2.75) is 50.0 Å². The number of benzene rings is 1. The molecule has 0 radical (unpaired) electrons. The lowest BCUT2D eigenvalue weighted by Crippen LogP contribution is -2.18. The van der Waals surface area contributed by atoms with Gasteiger partial charge in [-0.15, -0.1) is 18.3 Å². The monoisotopic (exact) mass is 275 g/mol. The van der Waals surface area contributed by atoms with Crippen LogP contribution in [0.5, 0.6) is 0 Å². The van der Waals surface area contributed by atoms with Crippen LogP contribution in [0.3, 0.4) is 0 Å². The van der Waals surface area contributed by atoms with Crippen LogP contribution in [0, 0.1) is 5.92 Å². The number of nitrogens with one attached hydrogen (secondary N) is 1. The molecule has 0 bridgehead atoms. The molecule has 2 atom stereocenters. The van der Waals surface area contributed by atoms with Crippen LogP contribution in [0.2, 0.25) is 0 Å². The minimum atomic E-state index is 0.649. The van der Waals surface area contributed by atoms with Gasteiger partial charge in [0, 0.05) is 22.4 Å². The van der Waals surface area contributed by atoms with E-state index in [1.54, 1.807) is 0 Å². The van der Waals surface area contributed by atoms with Crippen LogP contribution < -0.4 is 5.32 Å². The first kappa shape index (κ1) is 14.5. The molecule has 1 nitrogen and oxygen atoms in total. The Labute approximate surface area is 121 Å². The lowest BCUT2D eigenvalue weighted by atomic mass is 10.0. The molecule has 1 aromatic carbocycles. The fourth-order valence-corrected chi connectivity index (χ4v) is 3.47. The minimum Gasteiger partial charge on any atom is -0.381 e. The summed E-state index contributed by atoms with van der Waals surface area (Å²) < 4.78 is 0. The first-order valence-corrected chi connectivity index (χ1v) is 8.37. The van der Waals surface area contributed by atoms with Crippen LogP contribution in [-0.4, -0.2) is 11.8 Å². The molecule has 19 heavy (non-hydrogen) atoms. The average molecular weight is 275 g/mol. The van der Waals surface area contributed by atoms with Crippen LogP contribution in [-0.2, 0) is 0 Å². The van der Waals surface area contributed by atoms with Crippen molar-refractivity contribution in [3.63, 3.8) is 0 Å². The molecule has 1 fully saturated rings. The normalized spacial score (nSPS) is 23.6. The number of rotatable bonds is 5. The summed E-state index contributed by atoms with van der Waals surface area (Å²) in [7, 11) is 0. The first-order chi connectivity index (χ1) is 9.29. The molecule has 1 saturated carbocycles. The van der Waals surface area contributed by atoms with Crippen molar-refractivity contribution in [1.29, 1.82) is 0 Å². The van der Waals surface area contributed by atoms with Crippen molar-refractivity contribution in [2.75, 3.05) is 11.1 Å². The Bertz CT molecular complexity index is 402. The fraction of sp³-hybridized carbons (Fsp3) is 0.529. The highest BCUT2D eigenvalue weighted by molar-refractivity contribution is 7.99. The molecule has 2 heteroatoms. The Morgan fingerprint density at radius 2 is 2.11 bits per heavy atom. The van der Waals surface area contributed by atoms with Gasteiger partial charge in [0.1, 0.15) is 0 Å². The van der Waals surface area contributed by atoms with E-state index in [1.165, 1.54) is 42.7 Å². The highest BCUT2D eigenvalue weighted by Crippen LogP contribution is 2.30. The van der Waals surface area contributed by atoms with Crippen LogP contribution in [0.15, 0.2) is 41.8 Å². The maximum Gasteiger partial charge on any atom is 0.0480 e. The second-order valence-corrected chi connectivity index (χ2v) is 6.61. The Kier molecular flexibility index (Phi) is 5.84. The summed E-state index contributed by atoms with van der Waals surface area (Å²) in [6.45, 7) is 6.19. The van der Waals surface area contributed by atoms with E-state index in [0.717, 1.165) is 11.7 Å². The summed E-state index contributed by atoms with van der Waals surface area (Å²) in [5.41, 5.74) is 1.30. The van der Waals surface area contributed by atoms with Crippen LogP contribution in [0.1, 0.15) is 39.0 Å². The zero-order valence-electron chi connectivity index (χ0n) is 11.9. The first-order valence-electron chi connectivity index (χ1n) is 7.39. The van der Waals surface area contributed by atoms with Crippen LogP contribution in [0.4, 0.5) is 5.69 Å². The van der Waals surface area contributed by atoms with E-state index < -0.39 is 0 Å². The van der Waals surface area contributed by atoms with E-state index >= 15 is 0 Å². The molecule has 0 aromatic heterocycles. The largest absolute Gasteiger partial charge is 0.381 e. The van der Waals surface area contributed by atoms with Gasteiger partial charge in [0.05, 0.1) is 0 Å². The summed E-state index contributed by atoms with van der Waals surface area (Å²) in [5, 5.41) is 3.76. The van der Waals surface area contributed by atoms with Crippen molar-refractivity contribution in [1.82, 2.24) is 0 Å². The quantitative estimate of drug-likeness (QED) is 0.442. The van der Waals surface area contributed by atoms with Gasteiger partial charge in [0.25, 0.3) is 0 Å².